The fourth-order valence-electron chi connectivity index (χ4n) is 5.02. The molecule has 2 heteroatoms. The molecule has 0 saturated heterocycles. The maximum atomic E-state index is 11.4. The lowest BCUT2D eigenvalue weighted by atomic mass is 9.84. The van der Waals surface area contributed by atoms with Crippen LogP contribution in [0, 0.1) is 11.8 Å². The van der Waals surface area contributed by atoms with E-state index in [2.05, 4.69) is 62.9 Å². The summed E-state index contributed by atoms with van der Waals surface area (Å²) in [7, 11) is 0. The molecule has 0 fully saturated rings. The van der Waals surface area contributed by atoms with E-state index in [0.29, 0.717) is 0 Å². The van der Waals surface area contributed by atoms with E-state index in [9.17, 15) is 5.11 Å². The van der Waals surface area contributed by atoms with Gasteiger partial charge in [-0.05, 0) is 104 Å². The van der Waals surface area contributed by atoms with Gasteiger partial charge >= 0.3 is 0 Å². The average molecular weight is 410 g/mol. The topological polar surface area (TPSA) is 23.5 Å². The average Bonchev–Trinajstić information content (AvgIpc) is 2.72. The number of hydrogen-bond donors (Lipinski definition) is 1. The van der Waals surface area contributed by atoms with Crippen molar-refractivity contribution in [1.29, 1.82) is 0 Å². The van der Waals surface area contributed by atoms with E-state index >= 15 is 0 Å². The summed E-state index contributed by atoms with van der Waals surface area (Å²) in [6.07, 6.45) is 9.45. The third-order valence-corrected chi connectivity index (χ3v) is 6.71. The van der Waals surface area contributed by atoms with E-state index in [-0.39, 0.29) is 0 Å². The first-order valence-electron chi connectivity index (χ1n) is 12.4. The molecule has 2 nitrogen and oxygen atoms in total. The van der Waals surface area contributed by atoms with Crippen LogP contribution in [0.25, 0.3) is 10.8 Å². The van der Waals surface area contributed by atoms with Crippen molar-refractivity contribution >= 4 is 10.8 Å². The van der Waals surface area contributed by atoms with Crippen molar-refractivity contribution < 1.29 is 5.11 Å². The summed E-state index contributed by atoms with van der Waals surface area (Å²) >= 11 is 0. The van der Waals surface area contributed by atoms with E-state index in [1.54, 1.807) is 0 Å². The maximum absolute atomic E-state index is 11.4. The molecular weight excluding hydrogens is 366 g/mol. The Morgan fingerprint density at radius 2 is 1.47 bits per heavy atom. The highest BCUT2D eigenvalue weighted by Crippen LogP contribution is 2.34. The second-order valence-corrected chi connectivity index (χ2v) is 10.2. The maximum Gasteiger partial charge on any atom is 0.0923 e. The molecule has 0 aromatic heterocycles. The van der Waals surface area contributed by atoms with Crippen molar-refractivity contribution in [2.24, 2.45) is 11.8 Å². The summed E-state index contributed by atoms with van der Waals surface area (Å²) in [6, 6.07) is 11.1. The lowest BCUT2D eigenvalue weighted by molar-refractivity contribution is 0.110. The van der Waals surface area contributed by atoms with Gasteiger partial charge in [0.05, 0.1) is 6.10 Å². The zero-order valence-corrected chi connectivity index (χ0v) is 19.8. The first kappa shape index (κ1) is 23.3. The number of aliphatic hydroxyl groups is 1. The molecule has 1 atom stereocenters. The molecule has 166 valence electrons. The standard InChI is InChI=1S/C28H43NO/c1-21(2)11-9-17-29(18-10-12-22(3)4)20-28(30)27-19-23-13-5-6-14-24(23)25-15-7-8-16-26(25)27/h7-8,15-16,19,21-22,28,30H,5-6,9-14,17-18,20H2,1-4H3/t28-/m1/s1. The summed E-state index contributed by atoms with van der Waals surface area (Å²) in [5.41, 5.74) is 4.14. The minimum Gasteiger partial charge on any atom is -0.387 e. The van der Waals surface area contributed by atoms with Crippen LogP contribution in [0.15, 0.2) is 30.3 Å². The molecule has 0 spiro atoms. The molecular formula is C28H43NO. The third kappa shape index (κ3) is 6.31. The summed E-state index contributed by atoms with van der Waals surface area (Å²) in [5.74, 6) is 1.49. The number of aryl methyl sites for hydroxylation is 2. The Balaban J connectivity index is 1.78. The lowest BCUT2D eigenvalue weighted by Crippen LogP contribution is -2.31. The predicted molar refractivity (Wildman–Crippen MR) is 130 cm³/mol. The van der Waals surface area contributed by atoms with E-state index < -0.39 is 6.10 Å². The van der Waals surface area contributed by atoms with Gasteiger partial charge in [0, 0.05) is 6.54 Å². The molecule has 3 rings (SSSR count). The molecule has 30 heavy (non-hydrogen) atoms. The number of hydrogen-bond acceptors (Lipinski definition) is 2. The Kier molecular flexibility index (Phi) is 8.77. The lowest BCUT2D eigenvalue weighted by Gasteiger charge is -2.28. The number of rotatable bonds is 11. The Morgan fingerprint density at radius 3 is 2.10 bits per heavy atom. The molecule has 0 saturated carbocycles. The zero-order valence-electron chi connectivity index (χ0n) is 19.8. The van der Waals surface area contributed by atoms with E-state index in [0.717, 1.165) is 43.5 Å². The highest BCUT2D eigenvalue weighted by molar-refractivity contribution is 5.90. The predicted octanol–water partition coefficient (Wildman–Crippen LogP) is 6.93. The molecule has 1 N–H and O–H groups in total. The fourth-order valence-corrected chi connectivity index (χ4v) is 5.02. The molecule has 2 aromatic carbocycles. The number of benzene rings is 2. The first-order chi connectivity index (χ1) is 14.5. The first-order valence-corrected chi connectivity index (χ1v) is 12.4. The normalized spacial score (nSPS) is 15.3. The fraction of sp³-hybridized carbons (Fsp3) is 0.643. The molecule has 0 aliphatic heterocycles. The Labute approximate surface area is 184 Å². The quantitative estimate of drug-likeness (QED) is 0.435. The van der Waals surface area contributed by atoms with Crippen LogP contribution in [0.4, 0.5) is 0 Å². The number of fused-ring (bicyclic) bond motifs is 3. The van der Waals surface area contributed by atoms with Crippen molar-refractivity contribution in [2.45, 2.75) is 85.2 Å². The molecule has 1 aliphatic carbocycles. The van der Waals surface area contributed by atoms with Gasteiger partial charge in [0.1, 0.15) is 0 Å². The van der Waals surface area contributed by atoms with Crippen LogP contribution in [-0.2, 0) is 12.8 Å². The smallest absolute Gasteiger partial charge is 0.0923 e. The molecule has 1 aliphatic rings. The van der Waals surface area contributed by atoms with Gasteiger partial charge in [-0.25, -0.2) is 0 Å². The third-order valence-electron chi connectivity index (χ3n) is 6.71. The van der Waals surface area contributed by atoms with Crippen LogP contribution >= 0.6 is 0 Å². The van der Waals surface area contributed by atoms with Gasteiger partial charge in [-0.3, -0.25) is 0 Å². The van der Waals surface area contributed by atoms with Gasteiger partial charge in [0.15, 0.2) is 0 Å². The van der Waals surface area contributed by atoms with Gasteiger partial charge in [0.25, 0.3) is 0 Å². The molecule has 0 amide bonds. The van der Waals surface area contributed by atoms with Crippen LogP contribution in [0.2, 0.25) is 0 Å². The molecule has 0 unspecified atom stereocenters. The van der Waals surface area contributed by atoms with E-state index in [4.69, 9.17) is 0 Å². The van der Waals surface area contributed by atoms with Crippen molar-refractivity contribution in [3.05, 3.63) is 47.0 Å². The van der Waals surface area contributed by atoms with Gasteiger partial charge in [-0.2, -0.15) is 0 Å². The monoisotopic (exact) mass is 409 g/mol. The van der Waals surface area contributed by atoms with Crippen LogP contribution in [0.3, 0.4) is 0 Å². The Morgan fingerprint density at radius 1 is 0.867 bits per heavy atom. The van der Waals surface area contributed by atoms with Crippen LogP contribution in [-0.4, -0.2) is 29.6 Å². The van der Waals surface area contributed by atoms with Crippen molar-refractivity contribution in [3.8, 4) is 0 Å². The highest BCUT2D eigenvalue weighted by Gasteiger charge is 2.21. The minimum absolute atomic E-state index is 0.416. The minimum atomic E-state index is -0.416. The molecule has 0 radical (unpaired) electrons. The molecule has 0 heterocycles. The molecule has 2 aromatic rings. The zero-order chi connectivity index (χ0) is 21.5. The van der Waals surface area contributed by atoms with Gasteiger partial charge in [-0.1, -0.05) is 58.0 Å². The van der Waals surface area contributed by atoms with Crippen LogP contribution in [0.1, 0.15) is 89.0 Å². The summed E-state index contributed by atoms with van der Waals surface area (Å²) in [5, 5.41) is 14.0. The Hall–Kier alpha value is -1.38. The highest BCUT2D eigenvalue weighted by atomic mass is 16.3. The second kappa shape index (κ2) is 11.3. The summed E-state index contributed by atoms with van der Waals surface area (Å²) in [6.45, 7) is 12.1. The van der Waals surface area contributed by atoms with Gasteiger partial charge < -0.3 is 10.0 Å². The van der Waals surface area contributed by atoms with Gasteiger partial charge in [-0.15, -0.1) is 0 Å². The Bertz CT molecular complexity index is 781. The number of nitrogens with zero attached hydrogens (tertiary/aromatic N) is 1. The summed E-state index contributed by atoms with van der Waals surface area (Å²) in [4.78, 5) is 2.52. The largest absolute Gasteiger partial charge is 0.387 e. The number of aliphatic hydroxyl groups excluding tert-OH is 1. The van der Waals surface area contributed by atoms with Crippen molar-refractivity contribution in [1.82, 2.24) is 4.90 Å². The van der Waals surface area contributed by atoms with Gasteiger partial charge in [0.2, 0.25) is 0 Å². The van der Waals surface area contributed by atoms with Crippen molar-refractivity contribution in [3.63, 3.8) is 0 Å². The summed E-state index contributed by atoms with van der Waals surface area (Å²) < 4.78 is 0. The van der Waals surface area contributed by atoms with Crippen LogP contribution < -0.4 is 0 Å². The SMILES string of the molecule is CC(C)CCCN(CCCC(C)C)C[C@@H](O)c1cc2c(c3ccccc13)CCCC2. The van der Waals surface area contributed by atoms with E-state index in [1.807, 2.05) is 0 Å². The second-order valence-electron chi connectivity index (χ2n) is 10.2. The molecule has 0 bridgehead atoms. The van der Waals surface area contributed by atoms with E-state index in [1.165, 1.54) is 66.8 Å². The van der Waals surface area contributed by atoms with Crippen LogP contribution in [0.5, 0.6) is 0 Å². The van der Waals surface area contributed by atoms with Crippen molar-refractivity contribution in [2.75, 3.05) is 19.6 Å².